The summed E-state index contributed by atoms with van der Waals surface area (Å²) in [6.45, 7) is 2.58. The number of aliphatic carboxylic acids is 1. The maximum absolute atomic E-state index is 13.0. The average molecular weight is 531 g/mol. The van der Waals surface area contributed by atoms with Crippen LogP contribution in [0.25, 0.3) is 11.1 Å². The fraction of sp³-hybridized carbons (Fsp3) is 0.467. The SMILES string of the molecule is Cn1cc(-c2cccc(C(=O)NC(CCN(CCCCc3ccc4c(n3)NCCC4)C3CC3)C(=O)O)c2)cn1. The van der Waals surface area contributed by atoms with Crippen molar-refractivity contribution in [2.24, 2.45) is 7.05 Å². The van der Waals surface area contributed by atoms with Crippen LogP contribution in [-0.2, 0) is 24.7 Å². The highest BCUT2D eigenvalue weighted by Crippen LogP contribution is 2.28. The van der Waals surface area contributed by atoms with Crippen LogP contribution in [0.1, 0.15) is 60.1 Å². The number of nitrogens with zero attached hydrogens (tertiary/aromatic N) is 4. The summed E-state index contributed by atoms with van der Waals surface area (Å²) in [6.07, 6.45) is 11.6. The van der Waals surface area contributed by atoms with Crippen molar-refractivity contribution >= 4 is 17.7 Å². The van der Waals surface area contributed by atoms with E-state index in [2.05, 4.69) is 32.8 Å². The number of carboxylic acids is 1. The Morgan fingerprint density at radius 2 is 2.05 bits per heavy atom. The maximum atomic E-state index is 13.0. The van der Waals surface area contributed by atoms with Crippen LogP contribution in [0, 0.1) is 0 Å². The number of pyridine rings is 1. The number of amides is 1. The second-order valence-corrected chi connectivity index (χ2v) is 10.7. The summed E-state index contributed by atoms with van der Waals surface area (Å²) in [4.78, 5) is 32.2. The third kappa shape index (κ3) is 7.23. The molecule has 1 aliphatic carbocycles. The molecule has 9 nitrogen and oxygen atoms in total. The fourth-order valence-corrected chi connectivity index (χ4v) is 5.25. The van der Waals surface area contributed by atoms with Gasteiger partial charge in [0.1, 0.15) is 11.9 Å². The Morgan fingerprint density at radius 1 is 1.18 bits per heavy atom. The van der Waals surface area contributed by atoms with Gasteiger partial charge in [0.25, 0.3) is 5.91 Å². The van der Waals surface area contributed by atoms with E-state index in [1.807, 2.05) is 19.3 Å². The van der Waals surface area contributed by atoms with Crippen molar-refractivity contribution in [3.05, 3.63) is 65.6 Å². The van der Waals surface area contributed by atoms with Gasteiger partial charge in [-0.3, -0.25) is 9.48 Å². The largest absolute Gasteiger partial charge is 0.480 e. The molecule has 39 heavy (non-hydrogen) atoms. The molecule has 0 bridgehead atoms. The van der Waals surface area contributed by atoms with Crippen molar-refractivity contribution in [3.63, 3.8) is 0 Å². The highest BCUT2D eigenvalue weighted by molar-refractivity contribution is 5.97. The number of fused-ring (bicyclic) bond motifs is 1. The van der Waals surface area contributed by atoms with Gasteiger partial charge in [-0.2, -0.15) is 5.10 Å². The van der Waals surface area contributed by atoms with Crippen molar-refractivity contribution in [3.8, 4) is 11.1 Å². The number of hydrogen-bond acceptors (Lipinski definition) is 6. The number of anilines is 1. The van der Waals surface area contributed by atoms with Gasteiger partial charge in [-0.15, -0.1) is 0 Å². The molecule has 5 rings (SSSR count). The number of hydrogen-bond donors (Lipinski definition) is 3. The number of carboxylic acid groups (broad SMARTS) is 1. The van der Waals surface area contributed by atoms with E-state index < -0.39 is 12.0 Å². The first-order chi connectivity index (χ1) is 19.0. The molecule has 2 aromatic heterocycles. The lowest BCUT2D eigenvalue weighted by atomic mass is 10.1. The Labute approximate surface area is 229 Å². The summed E-state index contributed by atoms with van der Waals surface area (Å²) in [5.41, 5.74) is 4.65. The highest BCUT2D eigenvalue weighted by Gasteiger charge is 2.30. The monoisotopic (exact) mass is 530 g/mol. The van der Waals surface area contributed by atoms with Crippen molar-refractivity contribution in [2.75, 3.05) is 25.0 Å². The van der Waals surface area contributed by atoms with Gasteiger partial charge >= 0.3 is 5.97 Å². The van der Waals surface area contributed by atoms with E-state index in [0.29, 0.717) is 24.6 Å². The molecule has 0 spiro atoms. The lowest BCUT2D eigenvalue weighted by molar-refractivity contribution is -0.139. The first-order valence-corrected chi connectivity index (χ1v) is 14.1. The van der Waals surface area contributed by atoms with Crippen LogP contribution >= 0.6 is 0 Å². The molecule has 3 aromatic rings. The van der Waals surface area contributed by atoms with Crippen molar-refractivity contribution in [2.45, 2.75) is 63.5 Å². The van der Waals surface area contributed by atoms with Crippen LogP contribution in [0.3, 0.4) is 0 Å². The molecule has 1 unspecified atom stereocenters. The third-order valence-electron chi connectivity index (χ3n) is 7.61. The zero-order valence-corrected chi connectivity index (χ0v) is 22.6. The third-order valence-corrected chi connectivity index (χ3v) is 7.61. The minimum Gasteiger partial charge on any atom is -0.480 e. The number of carbonyl (C=O) groups excluding carboxylic acids is 1. The molecule has 0 radical (unpaired) electrons. The smallest absolute Gasteiger partial charge is 0.326 e. The van der Waals surface area contributed by atoms with E-state index >= 15 is 0 Å². The zero-order valence-electron chi connectivity index (χ0n) is 22.6. The Kier molecular flexibility index (Phi) is 8.56. The Hall–Kier alpha value is -3.72. The first kappa shape index (κ1) is 26.9. The van der Waals surface area contributed by atoms with E-state index in [1.165, 1.54) is 5.56 Å². The number of benzene rings is 1. The average Bonchev–Trinajstić information content (AvgIpc) is 3.70. The summed E-state index contributed by atoms with van der Waals surface area (Å²) >= 11 is 0. The molecule has 1 aromatic carbocycles. The molecule has 3 N–H and O–H groups in total. The molecule has 1 aliphatic heterocycles. The quantitative estimate of drug-likeness (QED) is 0.287. The normalized spacial score (nSPS) is 15.4. The number of rotatable bonds is 13. The Balaban J connectivity index is 1.11. The summed E-state index contributed by atoms with van der Waals surface area (Å²) < 4.78 is 1.70. The van der Waals surface area contributed by atoms with Gasteiger partial charge in [0.2, 0.25) is 0 Å². The van der Waals surface area contributed by atoms with Crippen molar-refractivity contribution < 1.29 is 14.7 Å². The van der Waals surface area contributed by atoms with Gasteiger partial charge in [0.15, 0.2) is 0 Å². The Morgan fingerprint density at radius 3 is 2.82 bits per heavy atom. The molecule has 206 valence electrons. The molecule has 1 amide bonds. The predicted molar refractivity (Wildman–Crippen MR) is 151 cm³/mol. The van der Waals surface area contributed by atoms with Gasteiger partial charge in [-0.25, -0.2) is 9.78 Å². The minimum atomic E-state index is -1.00. The fourth-order valence-electron chi connectivity index (χ4n) is 5.25. The number of aryl methyl sites for hydroxylation is 3. The summed E-state index contributed by atoms with van der Waals surface area (Å²) in [5.74, 6) is -0.336. The molecule has 1 saturated carbocycles. The van der Waals surface area contributed by atoms with Crippen LogP contribution < -0.4 is 10.6 Å². The van der Waals surface area contributed by atoms with Crippen LogP contribution in [-0.4, -0.2) is 68.4 Å². The van der Waals surface area contributed by atoms with Crippen LogP contribution in [0.2, 0.25) is 0 Å². The zero-order chi connectivity index (χ0) is 27.2. The molecule has 1 atom stereocenters. The molecule has 3 heterocycles. The molecular weight excluding hydrogens is 492 g/mol. The number of nitrogens with one attached hydrogen (secondary N) is 2. The van der Waals surface area contributed by atoms with E-state index in [-0.39, 0.29) is 5.91 Å². The molecule has 0 saturated heterocycles. The van der Waals surface area contributed by atoms with Gasteiger partial charge in [-0.05, 0) is 87.2 Å². The number of aromatic nitrogens is 3. The molecule has 9 heteroatoms. The van der Waals surface area contributed by atoms with Gasteiger partial charge in [-0.1, -0.05) is 18.2 Å². The number of unbranched alkanes of at least 4 members (excludes halogenated alkanes) is 1. The lowest BCUT2D eigenvalue weighted by Gasteiger charge is -2.24. The first-order valence-electron chi connectivity index (χ1n) is 14.1. The van der Waals surface area contributed by atoms with Gasteiger partial charge in [0.05, 0.1) is 6.20 Å². The van der Waals surface area contributed by atoms with Crippen molar-refractivity contribution in [1.29, 1.82) is 0 Å². The predicted octanol–water partition coefficient (Wildman–Crippen LogP) is 3.90. The second-order valence-electron chi connectivity index (χ2n) is 10.7. The molecule has 2 aliphatic rings. The summed E-state index contributed by atoms with van der Waals surface area (Å²) in [5, 5.41) is 20.2. The van der Waals surface area contributed by atoms with Crippen LogP contribution in [0.4, 0.5) is 5.82 Å². The highest BCUT2D eigenvalue weighted by atomic mass is 16.4. The van der Waals surface area contributed by atoms with Gasteiger partial charge in [0, 0.05) is 49.2 Å². The van der Waals surface area contributed by atoms with Crippen molar-refractivity contribution in [1.82, 2.24) is 25.0 Å². The van der Waals surface area contributed by atoms with E-state index in [0.717, 1.165) is 80.7 Å². The number of carbonyl (C=O) groups is 2. The minimum absolute atomic E-state index is 0.373. The van der Waals surface area contributed by atoms with Gasteiger partial charge < -0.3 is 20.6 Å². The maximum Gasteiger partial charge on any atom is 0.326 e. The lowest BCUT2D eigenvalue weighted by Crippen LogP contribution is -2.43. The topological polar surface area (TPSA) is 112 Å². The Bertz CT molecular complexity index is 1300. The van der Waals surface area contributed by atoms with Crippen LogP contribution in [0.5, 0.6) is 0 Å². The summed E-state index contributed by atoms with van der Waals surface area (Å²) in [6, 6.07) is 11.1. The van der Waals surface area contributed by atoms with E-state index in [4.69, 9.17) is 4.98 Å². The van der Waals surface area contributed by atoms with E-state index in [9.17, 15) is 14.7 Å². The molecular formula is C30H38N6O3. The van der Waals surface area contributed by atoms with Crippen LogP contribution in [0.15, 0.2) is 48.8 Å². The molecule has 1 fully saturated rings. The second kappa shape index (κ2) is 12.4. The standard InChI is InChI=1S/C30H38N6O3/c1-35-20-24(19-32-35)22-6-4-7-23(18-22)29(37)34-27(30(38)39)14-17-36(26-12-13-26)16-3-2-9-25-11-10-21-8-5-15-31-28(21)33-25/h4,6-7,10-11,18-20,26-27H,2-3,5,8-9,12-17H2,1H3,(H,31,33)(H,34,37)(H,38,39). The summed E-state index contributed by atoms with van der Waals surface area (Å²) in [7, 11) is 1.84. The van der Waals surface area contributed by atoms with E-state index in [1.54, 1.807) is 29.1 Å².